The van der Waals surface area contributed by atoms with Crippen molar-refractivity contribution in [3.05, 3.63) is 29.8 Å². The number of rotatable bonds is 7. The van der Waals surface area contributed by atoms with Gasteiger partial charge in [0.1, 0.15) is 5.75 Å². The molecule has 0 spiro atoms. The second-order valence-electron chi connectivity index (χ2n) is 5.19. The summed E-state index contributed by atoms with van der Waals surface area (Å²) in [5.74, 6) is 0.313. The molecule has 1 aromatic rings. The molecule has 4 N–H and O–H groups in total. The summed E-state index contributed by atoms with van der Waals surface area (Å²) in [7, 11) is 0. The van der Waals surface area contributed by atoms with Gasteiger partial charge in [0, 0.05) is 18.5 Å². The van der Waals surface area contributed by atoms with Crippen LogP contribution in [0.15, 0.2) is 24.3 Å². The quantitative estimate of drug-likeness (QED) is 0.706. The molecular weight excluding hydrogens is 240 g/mol. The third kappa shape index (κ3) is 6.25. The molecule has 1 aromatic carbocycles. The molecule has 0 saturated heterocycles. The lowest BCUT2D eigenvalue weighted by Gasteiger charge is -2.13. The molecule has 0 fully saturated rings. The van der Waals surface area contributed by atoms with Crippen molar-refractivity contribution in [1.29, 1.82) is 0 Å². The highest BCUT2D eigenvalue weighted by molar-refractivity contribution is 5.78. The average molecular weight is 264 g/mol. The fourth-order valence-corrected chi connectivity index (χ4v) is 1.85. The highest BCUT2D eigenvalue weighted by atomic mass is 16.3. The van der Waals surface area contributed by atoms with Gasteiger partial charge in [0.15, 0.2) is 0 Å². The lowest BCUT2D eigenvalue weighted by atomic mass is 10.0. The van der Waals surface area contributed by atoms with E-state index in [2.05, 4.69) is 5.32 Å². The second-order valence-corrected chi connectivity index (χ2v) is 5.19. The predicted molar refractivity (Wildman–Crippen MR) is 76.6 cm³/mol. The number of phenols is 1. The number of nitrogens with two attached hydrogens (primary N) is 1. The van der Waals surface area contributed by atoms with Crippen LogP contribution in [0.25, 0.3) is 0 Å². The van der Waals surface area contributed by atoms with Crippen LogP contribution in [-0.2, 0) is 11.3 Å². The molecule has 0 heterocycles. The first kappa shape index (κ1) is 15.5. The molecule has 0 aliphatic carbocycles. The van der Waals surface area contributed by atoms with Crippen LogP contribution < -0.4 is 11.1 Å². The molecule has 2 atom stereocenters. The number of carbonyl (C=O) groups excluding carboxylic acids is 1. The molecule has 106 valence electrons. The van der Waals surface area contributed by atoms with Gasteiger partial charge in [0.25, 0.3) is 0 Å². The second kappa shape index (κ2) is 7.79. The molecule has 0 aromatic heterocycles. The highest BCUT2D eigenvalue weighted by Crippen LogP contribution is 2.11. The van der Waals surface area contributed by atoms with Gasteiger partial charge in [0.05, 0.1) is 0 Å². The zero-order valence-electron chi connectivity index (χ0n) is 11.7. The topological polar surface area (TPSA) is 75.4 Å². The Morgan fingerprint density at radius 1 is 1.26 bits per heavy atom. The van der Waals surface area contributed by atoms with E-state index in [4.69, 9.17) is 10.8 Å². The Hall–Kier alpha value is -1.55. The fourth-order valence-electron chi connectivity index (χ4n) is 1.85. The van der Waals surface area contributed by atoms with Crippen molar-refractivity contribution in [2.75, 3.05) is 0 Å². The SMILES string of the molecule is CC(N)CCCC(C)C(=O)NCc1ccc(O)cc1. The lowest BCUT2D eigenvalue weighted by Crippen LogP contribution is -2.29. The maximum atomic E-state index is 11.9. The zero-order valence-corrected chi connectivity index (χ0v) is 11.7. The predicted octanol–water partition coefficient (Wildman–Crippen LogP) is 2.16. The third-order valence-electron chi connectivity index (χ3n) is 3.15. The molecule has 2 unspecified atom stereocenters. The van der Waals surface area contributed by atoms with Crippen molar-refractivity contribution in [2.45, 2.75) is 45.7 Å². The Bertz CT molecular complexity index is 388. The number of phenolic OH excluding ortho intramolecular Hbond substituents is 1. The lowest BCUT2D eigenvalue weighted by molar-refractivity contribution is -0.124. The van der Waals surface area contributed by atoms with Gasteiger partial charge >= 0.3 is 0 Å². The van der Waals surface area contributed by atoms with Crippen molar-refractivity contribution in [3.63, 3.8) is 0 Å². The summed E-state index contributed by atoms with van der Waals surface area (Å²) in [5, 5.41) is 12.1. The number of carbonyl (C=O) groups is 1. The van der Waals surface area contributed by atoms with Gasteiger partial charge in [-0.05, 0) is 37.5 Å². The minimum atomic E-state index is 0.0101. The molecule has 4 heteroatoms. The molecule has 0 saturated carbocycles. The van der Waals surface area contributed by atoms with Gasteiger partial charge in [-0.3, -0.25) is 4.79 Å². The Balaban J connectivity index is 2.28. The van der Waals surface area contributed by atoms with E-state index < -0.39 is 0 Å². The molecule has 0 aliphatic heterocycles. The van der Waals surface area contributed by atoms with E-state index in [-0.39, 0.29) is 23.6 Å². The van der Waals surface area contributed by atoms with E-state index in [1.165, 1.54) is 0 Å². The number of benzene rings is 1. The first-order chi connectivity index (χ1) is 8.99. The van der Waals surface area contributed by atoms with Crippen LogP contribution >= 0.6 is 0 Å². The first-order valence-corrected chi connectivity index (χ1v) is 6.80. The number of hydrogen-bond donors (Lipinski definition) is 3. The van der Waals surface area contributed by atoms with Gasteiger partial charge < -0.3 is 16.2 Å². The average Bonchev–Trinajstić information content (AvgIpc) is 2.37. The van der Waals surface area contributed by atoms with E-state index in [0.29, 0.717) is 6.54 Å². The summed E-state index contributed by atoms with van der Waals surface area (Å²) in [6.07, 6.45) is 2.80. The summed E-state index contributed by atoms with van der Waals surface area (Å²) in [4.78, 5) is 11.9. The molecule has 1 amide bonds. The Morgan fingerprint density at radius 3 is 2.47 bits per heavy atom. The Labute approximate surface area is 115 Å². The van der Waals surface area contributed by atoms with Gasteiger partial charge in [-0.1, -0.05) is 25.5 Å². The summed E-state index contributed by atoms with van der Waals surface area (Å²) < 4.78 is 0. The largest absolute Gasteiger partial charge is 0.508 e. The maximum absolute atomic E-state index is 11.9. The molecule has 0 radical (unpaired) electrons. The fraction of sp³-hybridized carbons (Fsp3) is 0.533. The highest BCUT2D eigenvalue weighted by Gasteiger charge is 2.12. The van der Waals surface area contributed by atoms with Crippen LogP contribution in [0.2, 0.25) is 0 Å². The van der Waals surface area contributed by atoms with Crippen LogP contribution in [0.5, 0.6) is 5.75 Å². The van der Waals surface area contributed by atoms with Gasteiger partial charge in [-0.25, -0.2) is 0 Å². The smallest absolute Gasteiger partial charge is 0.223 e. The summed E-state index contributed by atoms with van der Waals surface area (Å²) >= 11 is 0. The van der Waals surface area contributed by atoms with Crippen LogP contribution in [0.3, 0.4) is 0 Å². The van der Waals surface area contributed by atoms with E-state index in [1.54, 1.807) is 24.3 Å². The van der Waals surface area contributed by atoms with Crippen molar-refractivity contribution in [1.82, 2.24) is 5.32 Å². The Kier molecular flexibility index (Phi) is 6.36. The molecule has 0 aliphatic rings. The summed E-state index contributed by atoms with van der Waals surface area (Å²) in [6, 6.07) is 7.04. The number of amides is 1. The molecule has 0 bridgehead atoms. The van der Waals surface area contributed by atoms with E-state index in [1.807, 2.05) is 13.8 Å². The zero-order chi connectivity index (χ0) is 14.3. The minimum absolute atomic E-state index is 0.0101. The van der Waals surface area contributed by atoms with E-state index >= 15 is 0 Å². The van der Waals surface area contributed by atoms with Gasteiger partial charge in [-0.2, -0.15) is 0 Å². The van der Waals surface area contributed by atoms with Gasteiger partial charge in [0.2, 0.25) is 5.91 Å². The van der Waals surface area contributed by atoms with Crippen LogP contribution in [0.1, 0.15) is 38.7 Å². The van der Waals surface area contributed by atoms with E-state index in [9.17, 15) is 4.79 Å². The normalized spacial score (nSPS) is 13.8. The van der Waals surface area contributed by atoms with Gasteiger partial charge in [-0.15, -0.1) is 0 Å². The molecular formula is C15H24N2O2. The molecule has 19 heavy (non-hydrogen) atoms. The summed E-state index contributed by atoms with van der Waals surface area (Å²) in [5.41, 5.74) is 6.66. The first-order valence-electron chi connectivity index (χ1n) is 6.80. The van der Waals surface area contributed by atoms with Crippen molar-refractivity contribution >= 4 is 5.91 Å². The van der Waals surface area contributed by atoms with Crippen LogP contribution in [0, 0.1) is 5.92 Å². The number of hydrogen-bond acceptors (Lipinski definition) is 3. The van der Waals surface area contributed by atoms with E-state index in [0.717, 1.165) is 24.8 Å². The summed E-state index contributed by atoms with van der Waals surface area (Å²) in [6.45, 7) is 4.42. The molecule has 1 rings (SSSR count). The number of nitrogens with one attached hydrogen (secondary N) is 1. The van der Waals surface area contributed by atoms with Crippen LogP contribution in [0.4, 0.5) is 0 Å². The monoisotopic (exact) mass is 264 g/mol. The van der Waals surface area contributed by atoms with Crippen molar-refractivity contribution < 1.29 is 9.90 Å². The third-order valence-corrected chi connectivity index (χ3v) is 3.15. The minimum Gasteiger partial charge on any atom is -0.508 e. The maximum Gasteiger partial charge on any atom is 0.223 e. The number of aromatic hydroxyl groups is 1. The van der Waals surface area contributed by atoms with Crippen LogP contribution in [-0.4, -0.2) is 17.1 Å². The molecule has 4 nitrogen and oxygen atoms in total. The Morgan fingerprint density at radius 2 is 1.89 bits per heavy atom. The van der Waals surface area contributed by atoms with Crippen molar-refractivity contribution in [2.24, 2.45) is 11.7 Å². The standard InChI is InChI=1S/C15H24N2O2/c1-11(4-3-5-12(2)16)15(19)17-10-13-6-8-14(18)9-7-13/h6-9,11-12,18H,3-5,10,16H2,1-2H3,(H,17,19). The van der Waals surface area contributed by atoms with Crippen molar-refractivity contribution in [3.8, 4) is 5.75 Å².